The fourth-order valence-electron chi connectivity index (χ4n) is 4.24. The average Bonchev–Trinajstić information content (AvgIpc) is 2.82. The first-order valence-corrected chi connectivity index (χ1v) is 13.3. The van der Waals surface area contributed by atoms with E-state index >= 15 is 0 Å². The van der Waals surface area contributed by atoms with Crippen molar-refractivity contribution < 1.29 is 23.8 Å². The zero-order valence-corrected chi connectivity index (χ0v) is 23.5. The van der Waals surface area contributed by atoms with E-state index in [1.165, 1.54) is 37.5 Å². The van der Waals surface area contributed by atoms with Crippen molar-refractivity contribution in [2.45, 2.75) is 111 Å². The number of aliphatic imine (C=N–C) groups is 1. The maximum absolute atomic E-state index is 14.1. The lowest BCUT2D eigenvalue weighted by Gasteiger charge is -2.47. The summed E-state index contributed by atoms with van der Waals surface area (Å²) in [6.45, 7) is 13.3. The number of allylic oxidation sites excluding steroid dienone is 2. The molecule has 2 unspecified atom stereocenters. The lowest BCUT2D eigenvalue weighted by Crippen LogP contribution is -2.60. The standard InChI is InChI=1S/C23H25F4NO.C6H12.C2H6.H2/c1-5-8-16-11-15(3)21(13-20(16)24)28-18(6-2)9-7-10-19(29)12-17-14-23(26,27)22(17,4)25;1-6(2)4-3-5-6;1-2;/h2,7,9,11,13,17H,5,8,10,12,14H2,1,3-4H3;3-5H2,1-2H3;1-2H3;1H/b9-7+,28-18?;;;. The number of alkyl halides is 3. The minimum Gasteiger partial charge on any atom is -0.299 e. The van der Waals surface area contributed by atoms with Crippen LogP contribution >= 0.6 is 0 Å². The molecule has 2 aliphatic rings. The van der Waals surface area contributed by atoms with Crippen LogP contribution in [-0.2, 0) is 11.2 Å². The molecule has 208 valence electrons. The minimum atomic E-state index is -3.38. The van der Waals surface area contributed by atoms with Crippen LogP contribution in [0.25, 0.3) is 0 Å². The van der Waals surface area contributed by atoms with Crippen molar-refractivity contribution >= 4 is 17.2 Å². The molecule has 2 saturated carbocycles. The van der Waals surface area contributed by atoms with E-state index in [0.29, 0.717) is 17.7 Å². The number of rotatable bonds is 8. The SMILES string of the molecule is C#CC(/C=C/CC(=O)CC1CC(F)(F)C1(C)F)=Nc1cc(F)c(CCC)cc1C.CC.CC1(C)CCC1.[HH]. The summed E-state index contributed by atoms with van der Waals surface area (Å²) in [5.41, 5.74) is 0.0720. The maximum Gasteiger partial charge on any atom is 0.281 e. The molecule has 1 aromatic carbocycles. The second-order valence-electron chi connectivity index (χ2n) is 10.7. The van der Waals surface area contributed by atoms with Crippen LogP contribution < -0.4 is 0 Å². The summed E-state index contributed by atoms with van der Waals surface area (Å²) in [6.07, 6.45) is 13.2. The van der Waals surface area contributed by atoms with E-state index in [0.717, 1.165) is 24.3 Å². The lowest BCUT2D eigenvalue weighted by molar-refractivity contribution is -0.242. The number of aryl methyl sites for hydroxylation is 2. The molecule has 37 heavy (non-hydrogen) atoms. The molecule has 0 bridgehead atoms. The monoisotopic (exact) mass is 523 g/mol. The van der Waals surface area contributed by atoms with E-state index in [-0.39, 0.29) is 31.6 Å². The summed E-state index contributed by atoms with van der Waals surface area (Å²) in [5, 5.41) is 0. The fraction of sp³-hybridized carbons (Fsp3) is 0.613. The maximum atomic E-state index is 14.1. The second-order valence-corrected chi connectivity index (χ2v) is 10.7. The van der Waals surface area contributed by atoms with Crippen LogP contribution in [0, 0.1) is 36.4 Å². The van der Waals surface area contributed by atoms with Gasteiger partial charge in [0.1, 0.15) is 17.3 Å². The highest BCUT2D eigenvalue weighted by Gasteiger charge is 2.66. The predicted octanol–water partition coefficient (Wildman–Crippen LogP) is 9.55. The van der Waals surface area contributed by atoms with Crippen molar-refractivity contribution in [2.75, 3.05) is 0 Å². The highest BCUT2D eigenvalue weighted by atomic mass is 19.3. The Hall–Kier alpha value is -2.42. The van der Waals surface area contributed by atoms with Gasteiger partial charge in [0.05, 0.1) is 5.69 Å². The Morgan fingerprint density at radius 2 is 1.81 bits per heavy atom. The van der Waals surface area contributed by atoms with Gasteiger partial charge in [0.2, 0.25) is 0 Å². The van der Waals surface area contributed by atoms with Gasteiger partial charge in [-0.1, -0.05) is 65.5 Å². The van der Waals surface area contributed by atoms with Gasteiger partial charge in [-0.05, 0) is 55.7 Å². The first-order valence-electron chi connectivity index (χ1n) is 13.3. The first-order chi connectivity index (χ1) is 17.2. The third-order valence-electron chi connectivity index (χ3n) is 7.06. The molecule has 0 radical (unpaired) electrons. The molecule has 0 N–H and O–H groups in total. The highest BCUT2D eigenvalue weighted by molar-refractivity contribution is 6.09. The minimum absolute atomic E-state index is 0. The number of carbonyl (C=O) groups is 1. The molecule has 1 aromatic rings. The van der Waals surface area contributed by atoms with Crippen molar-refractivity contribution in [1.82, 2.24) is 0 Å². The van der Waals surface area contributed by atoms with Gasteiger partial charge >= 0.3 is 0 Å². The second kappa shape index (κ2) is 13.9. The van der Waals surface area contributed by atoms with E-state index in [2.05, 4.69) is 24.8 Å². The van der Waals surface area contributed by atoms with Gasteiger partial charge in [0.15, 0.2) is 5.67 Å². The smallest absolute Gasteiger partial charge is 0.281 e. The summed E-state index contributed by atoms with van der Waals surface area (Å²) in [6, 6.07) is 3.07. The summed E-state index contributed by atoms with van der Waals surface area (Å²) < 4.78 is 54.4. The largest absolute Gasteiger partial charge is 0.299 e. The lowest BCUT2D eigenvalue weighted by atomic mass is 9.66. The number of nitrogens with zero attached hydrogens (tertiary/aromatic N) is 1. The van der Waals surface area contributed by atoms with Crippen LogP contribution in [0.5, 0.6) is 0 Å². The van der Waals surface area contributed by atoms with Crippen LogP contribution in [0.2, 0.25) is 0 Å². The summed E-state index contributed by atoms with van der Waals surface area (Å²) in [7, 11) is 0. The van der Waals surface area contributed by atoms with Crippen molar-refractivity contribution in [3.8, 4) is 12.3 Å². The summed E-state index contributed by atoms with van der Waals surface area (Å²) in [4.78, 5) is 16.2. The number of halogens is 4. The number of terminal acetylenes is 1. The Labute approximate surface area is 222 Å². The van der Waals surface area contributed by atoms with Gasteiger partial charge in [-0.3, -0.25) is 4.79 Å². The third kappa shape index (κ3) is 9.13. The van der Waals surface area contributed by atoms with Gasteiger partial charge in [-0.2, -0.15) is 0 Å². The van der Waals surface area contributed by atoms with Gasteiger partial charge in [0.25, 0.3) is 5.92 Å². The highest BCUT2D eigenvalue weighted by Crippen LogP contribution is 2.55. The Morgan fingerprint density at radius 1 is 1.22 bits per heavy atom. The fourth-order valence-corrected chi connectivity index (χ4v) is 4.24. The van der Waals surface area contributed by atoms with Gasteiger partial charge in [-0.15, -0.1) is 6.42 Å². The molecule has 0 spiro atoms. The molecule has 0 saturated heterocycles. The Bertz CT molecular complexity index is 1020. The number of hydrogen-bond acceptors (Lipinski definition) is 2. The van der Waals surface area contributed by atoms with Crippen molar-refractivity contribution in [3.63, 3.8) is 0 Å². The molecule has 2 aliphatic carbocycles. The number of hydrogen-bond donors (Lipinski definition) is 0. The molecule has 0 aromatic heterocycles. The van der Waals surface area contributed by atoms with E-state index in [1.54, 1.807) is 13.0 Å². The Morgan fingerprint density at radius 3 is 2.24 bits per heavy atom. The molecular formula is C31H45F4NO. The Balaban J connectivity index is 0.00000131. The Kier molecular flexibility index (Phi) is 12.3. The van der Waals surface area contributed by atoms with Crippen molar-refractivity contribution in [3.05, 3.63) is 41.2 Å². The summed E-state index contributed by atoms with van der Waals surface area (Å²) >= 11 is 0. The summed E-state index contributed by atoms with van der Waals surface area (Å²) in [5.74, 6) is -2.69. The van der Waals surface area contributed by atoms with Crippen LogP contribution in [0.15, 0.2) is 29.3 Å². The normalized spacial score (nSPS) is 23.4. The zero-order chi connectivity index (χ0) is 28.4. The van der Waals surface area contributed by atoms with E-state index in [1.807, 2.05) is 20.8 Å². The van der Waals surface area contributed by atoms with E-state index in [9.17, 15) is 22.4 Å². The van der Waals surface area contributed by atoms with Gasteiger partial charge in [0, 0.05) is 32.7 Å². The average molecular weight is 524 g/mol. The molecule has 6 heteroatoms. The first kappa shape index (κ1) is 32.6. The van der Waals surface area contributed by atoms with Gasteiger partial charge < -0.3 is 0 Å². The van der Waals surface area contributed by atoms with Crippen LogP contribution in [0.3, 0.4) is 0 Å². The quantitative estimate of drug-likeness (QED) is 0.189. The van der Waals surface area contributed by atoms with Gasteiger partial charge in [-0.25, -0.2) is 22.6 Å². The topological polar surface area (TPSA) is 29.4 Å². The predicted molar refractivity (Wildman–Crippen MR) is 148 cm³/mol. The van der Waals surface area contributed by atoms with Crippen LogP contribution in [-0.4, -0.2) is 23.1 Å². The molecule has 2 nitrogen and oxygen atoms in total. The molecule has 2 atom stereocenters. The van der Waals surface area contributed by atoms with E-state index in [4.69, 9.17) is 6.42 Å². The zero-order valence-electron chi connectivity index (χ0n) is 23.5. The van der Waals surface area contributed by atoms with Crippen LogP contribution in [0.1, 0.15) is 99.0 Å². The van der Waals surface area contributed by atoms with Crippen LogP contribution in [0.4, 0.5) is 23.2 Å². The molecule has 3 rings (SSSR count). The number of carbonyl (C=O) groups excluding carboxylic acids is 1. The molecular weight excluding hydrogens is 478 g/mol. The number of benzene rings is 1. The number of Topliss-reactive ketones (excluding diaryl/α,β-unsaturated/α-hetero) is 1. The number of ketones is 1. The molecule has 0 heterocycles. The third-order valence-corrected chi connectivity index (χ3v) is 7.06. The van der Waals surface area contributed by atoms with E-state index < -0.39 is 23.9 Å². The molecule has 0 aliphatic heterocycles. The molecule has 2 fully saturated rings. The van der Waals surface area contributed by atoms with Crippen molar-refractivity contribution in [2.24, 2.45) is 16.3 Å². The molecule has 0 amide bonds. The van der Waals surface area contributed by atoms with Crippen molar-refractivity contribution in [1.29, 1.82) is 0 Å².